The lowest BCUT2D eigenvalue weighted by atomic mass is 10.2. The number of fused-ring (bicyclic) bond motifs is 1. The molecule has 28 heavy (non-hydrogen) atoms. The van der Waals surface area contributed by atoms with E-state index in [0.29, 0.717) is 18.9 Å². The first kappa shape index (κ1) is 20.7. The number of amides is 1. The van der Waals surface area contributed by atoms with Crippen molar-refractivity contribution in [2.45, 2.75) is 23.8 Å². The molecule has 3 rings (SSSR count). The molecule has 1 unspecified atom stereocenters. The Labute approximate surface area is 172 Å². The number of nitrogens with zero attached hydrogens (tertiary/aromatic N) is 2. The molecule has 1 atom stereocenters. The molecule has 152 valence electrons. The van der Waals surface area contributed by atoms with E-state index in [1.165, 1.54) is 23.1 Å². The zero-order valence-corrected chi connectivity index (χ0v) is 17.3. The van der Waals surface area contributed by atoms with Crippen LogP contribution in [0.2, 0.25) is 0 Å². The van der Waals surface area contributed by atoms with Gasteiger partial charge in [0.05, 0.1) is 12.3 Å². The third kappa shape index (κ3) is 6.54. The summed E-state index contributed by atoms with van der Waals surface area (Å²) < 4.78 is 17.5. The maximum atomic E-state index is 12.1. The van der Waals surface area contributed by atoms with Crippen molar-refractivity contribution in [2.24, 2.45) is 0 Å². The molecule has 2 aromatic rings. The number of anilines is 1. The second kappa shape index (κ2) is 11.1. The smallest absolute Gasteiger partial charge is 0.230 e. The van der Waals surface area contributed by atoms with Crippen molar-refractivity contribution < 1.29 is 19.0 Å². The number of nitrogens with one attached hydrogen (secondary N) is 2. The first-order valence-electron chi connectivity index (χ1n) is 9.17. The molecular weight excluding hydrogens is 400 g/mol. The molecule has 0 radical (unpaired) electrons. The Hall–Kier alpha value is -2.04. The molecule has 0 spiro atoms. The number of carbonyl (C=O) groups excluding carboxylic acids is 1. The van der Waals surface area contributed by atoms with Crippen LogP contribution in [0.5, 0.6) is 11.5 Å². The van der Waals surface area contributed by atoms with Gasteiger partial charge in [-0.05, 0) is 25.5 Å². The van der Waals surface area contributed by atoms with Gasteiger partial charge in [-0.3, -0.25) is 4.79 Å². The molecule has 2 heterocycles. The van der Waals surface area contributed by atoms with Crippen molar-refractivity contribution in [3.8, 4) is 11.5 Å². The highest BCUT2D eigenvalue weighted by molar-refractivity contribution is 8.01. The van der Waals surface area contributed by atoms with E-state index in [4.69, 9.17) is 14.2 Å². The van der Waals surface area contributed by atoms with E-state index >= 15 is 0 Å². The van der Waals surface area contributed by atoms with Crippen LogP contribution in [0, 0.1) is 0 Å². The summed E-state index contributed by atoms with van der Waals surface area (Å²) in [6.45, 7) is 5.04. The highest BCUT2D eigenvalue weighted by atomic mass is 32.2. The van der Waals surface area contributed by atoms with Crippen LogP contribution in [0.1, 0.15) is 13.3 Å². The van der Waals surface area contributed by atoms with E-state index in [2.05, 4.69) is 20.8 Å². The van der Waals surface area contributed by atoms with Crippen molar-refractivity contribution in [2.75, 3.05) is 44.0 Å². The summed E-state index contributed by atoms with van der Waals surface area (Å²) in [6.07, 6.45) is 0.716. The molecule has 1 amide bonds. The van der Waals surface area contributed by atoms with Crippen LogP contribution in [0.15, 0.2) is 28.6 Å². The molecular formula is C18H24N4O4S2. The van der Waals surface area contributed by atoms with Crippen molar-refractivity contribution in [1.82, 2.24) is 15.5 Å². The third-order valence-electron chi connectivity index (χ3n) is 3.77. The molecule has 2 N–H and O–H groups in total. The molecule has 1 aromatic carbocycles. The summed E-state index contributed by atoms with van der Waals surface area (Å²) in [5.41, 5.74) is 0. The minimum atomic E-state index is -0.196. The van der Waals surface area contributed by atoms with E-state index in [-0.39, 0.29) is 17.8 Å². The Kier molecular flexibility index (Phi) is 8.19. The third-order valence-corrected chi connectivity index (χ3v) is 5.79. The number of para-hydroxylation sites is 2. The SMILES string of the molecule is CCOCCCNc1nnc(SCC(=O)NCC2COc3ccccc3O2)s1. The molecule has 1 aromatic heterocycles. The normalized spacial score (nSPS) is 15.2. The Bertz CT molecular complexity index is 759. The maximum Gasteiger partial charge on any atom is 0.230 e. The van der Waals surface area contributed by atoms with Crippen LogP contribution in [-0.4, -0.2) is 60.9 Å². The van der Waals surface area contributed by atoms with Crippen molar-refractivity contribution in [1.29, 1.82) is 0 Å². The van der Waals surface area contributed by atoms with Gasteiger partial charge in [-0.2, -0.15) is 0 Å². The van der Waals surface area contributed by atoms with Gasteiger partial charge in [-0.1, -0.05) is 35.2 Å². The van der Waals surface area contributed by atoms with Gasteiger partial charge in [0.25, 0.3) is 0 Å². The lowest BCUT2D eigenvalue weighted by molar-refractivity contribution is -0.119. The van der Waals surface area contributed by atoms with Gasteiger partial charge in [0.2, 0.25) is 11.0 Å². The summed E-state index contributed by atoms with van der Waals surface area (Å²) in [4.78, 5) is 12.1. The molecule has 0 bridgehead atoms. The summed E-state index contributed by atoms with van der Waals surface area (Å²) >= 11 is 2.81. The standard InChI is InChI=1S/C18H24N4O4S2/c1-2-24-9-5-8-19-17-21-22-18(28-17)27-12-16(23)20-10-13-11-25-14-6-3-4-7-15(14)26-13/h3-4,6-7,13H,2,5,8-12H2,1H3,(H,19,21)(H,20,23). The van der Waals surface area contributed by atoms with Gasteiger partial charge >= 0.3 is 0 Å². The number of benzene rings is 1. The van der Waals surface area contributed by atoms with Crippen molar-refractivity contribution in [3.63, 3.8) is 0 Å². The number of ether oxygens (including phenoxy) is 3. The lowest BCUT2D eigenvalue weighted by Gasteiger charge is -2.26. The molecule has 0 saturated heterocycles. The second-order valence-corrected chi connectivity index (χ2v) is 8.14. The molecule has 0 saturated carbocycles. The minimum absolute atomic E-state index is 0.0751. The van der Waals surface area contributed by atoms with Gasteiger partial charge in [0, 0.05) is 19.8 Å². The fraction of sp³-hybridized carbons (Fsp3) is 0.500. The van der Waals surface area contributed by atoms with Gasteiger partial charge in [0.15, 0.2) is 15.8 Å². The summed E-state index contributed by atoms with van der Waals surface area (Å²) in [7, 11) is 0. The largest absolute Gasteiger partial charge is 0.486 e. The lowest BCUT2D eigenvalue weighted by Crippen LogP contribution is -2.41. The number of hydrogen-bond acceptors (Lipinski definition) is 9. The zero-order valence-electron chi connectivity index (χ0n) is 15.7. The number of thioether (sulfide) groups is 1. The van der Waals surface area contributed by atoms with Crippen LogP contribution in [0.4, 0.5) is 5.13 Å². The number of hydrogen-bond donors (Lipinski definition) is 2. The van der Waals surface area contributed by atoms with Crippen molar-refractivity contribution >= 4 is 34.1 Å². The summed E-state index contributed by atoms with van der Waals surface area (Å²) in [6, 6.07) is 7.52. The Morgan fingerprint density at radius 1 is 1.36 bits per heavy atom. The highest BCUT2D eigenvalue weighted by Crippen LogP contribution is 2.30. The zero-order chi connectivity index (χ0) is 19.6. The van der Waals surface area contributed by atoms with Gasteiger partial charge in [-0.25, -0.2) is 0 Å². The molecule has 10 heteroatoms. The first-order chi connectivity index (χ1) is 13.7. The Morgan fingerprint density at radius 2 is 2.21 bits per heavy atom. The van der Waals surface area contributed by atoms with E-state index in [1.54, 1.807) is 0 Å². The number of rotatable bonds is 11. The van der Waals surface area contributed by atoms with Crippen LogP contribution >= 0.6 is 23.1 Å². The van der Waals surface area contributed by atoms with E-state index in [1.807, 2.05) is 31.2 Å². The fourth-order valence-electron chi connectivity index (χ4n) is 2.42. The van der Waals surface area contributed by atoms with Crippen LogP contribution < -0.4 is 20.1 Å². The predicted molar refractivity (Wildman–Crippen MR) is 110 cm³/mol. The predicted octanol–water partition coefficient (Wildman–Crippen LogP) is 2.42. The maximum absolute atomic E-state index is 12.1. The Morgan fingerprint density at radius 3 is 3.07 bits per heavy atom. The molecule has 0 aliphatic carbocycles. The van der Waals surface area contributed by atoms with Crippen molar-refractivity contribution in [3.05, 3.63) is 24.3 Å². The van der Waals surface area contributed by atoms with Gasteiger partial charge in [0.1, 0.15) is 12.7 Å². The van der Waals surface area contributed by atoms with Crippen LogP contribution in [-0.2, 0) is 9.53 Å². The van der Waals surface area contributed by atoms with Crippen LogP contribution in [0.3, 0.4) is 0 Å². The van der Waals surface area contributed by atoms with E-state index in [0.717, 1.165) is 41.4 Å². The summed E-state index contributed by atoms with van der Waals surface area (Å²) in [5.74, 6) is 1.65. The summed E-state index contributed by atoms with van der Waals surface area (Å²) in [5, 5.41) is 15.0. The average Bonchev–Trinajstić information content (AvgIpc) is 3.18. The number of aromatic nitrogens is 2. The Balaban J connectivity index is 1.32. The fourth-order valence-corrected chi connectivity index (χ4v) is 4.03. The van der Waals surface area contributed by atoms with E-state index < -0.39 is 0 Å². The minimum Gasteiger partial charge on any atom is -0.486 e. The number of carbonyl (C=O) groups is 1. The first-order valence-corrected chi connectivity index (χ1v) is 11.0. The van der Waals surface area contributed by atoms with Gasteiger partial charge < -0.3 is 24.8 Å². The topological polar surface area (TPSA) is 94.6 Å². The monoisotopic (exact) mass is 424 g/mol. The van der Waals surface area contributed by atoms with E-state index in [9.17, 15) is 4.79 Å². The van der Waals surface area contributed by atoms with Crippen LogP contribution in [0.25, 0.3) is 0 Å². The average molecular weight is 425 g/mol. The molecule has 0 fully saturated rings. The molecule has 1 aliphatic heterocycles. The molecule has 1 aliphatic rings. The quantitative estimate of drug-likeness (QED) is 0.420. The second-order valence-electron chi connectivity index (χ2n) is 5.94. The molecule has 8 nitrogen and oxygen atoms in total. The highest BCUT2D eigenvalue weighted by Gasteiger charge is 2.21. The van der Waals surface area contributed by atoms with Gasteiger partial charge in [-0.15, -0.1) is 10.2 Å².